The molecule has 0 aromatic heterocycles. The summed E-state index contributed by atoms with van der Waals surface area (Å²) >= 11 is 0. The predicted molar refractivity (Wildman–Crippen MR) is 54.8 cm³/mol. The van der Waals surface area contributed by atoms with Crippen LogP contribution in [0, 0.1) is 0 Å². The Bertz CT molecular complexity index is 142. The Balaban J connectivity index is 2.22. The molecule has 1 saturated heterocycles. The molecule has 78 valence electrons. The maximum Gasteiger partial charge on any atom is 0.0914 e. The van der Waals surface area contributed by atoms with Gasteiger partial charge in [-0.05, 0) is 6.92 Å². The summed E-state index contributed by atoms with van der Waals surface area (Å²) in [7, 11) is 4.13. The van der Waals surface area contributed by atoms with E-state index in [1.54, 1.807) is 7.11 Å². The fourth-order valence-electron chi connectivity index (χ4n) is 1.75. The molecule has 1 aliphatic rings. The van der Waals surface area contributed by atoms with Gasteiger partial charge in [0.25, 0.3) is 0 Å². The van der Waals surface area contributed by atoms with Crippen LogP contribution in [0.3, 0.4) is 0 Å². The quantitative estimate of drug-likeness (QED) is 0.591. The Morgan fingerprint density at radius 3 is 2.38 bits per heavy atom. The summed E-state index contributed by atoms with van der Waals surface area (Å²) in [4.78, 5) is 2.50. The van der Waals surface area contributed by atoms with Crippen LogP contribution < -0.4 is 0 Å². The highest BCUT2D eigenvalue weighted by atomic mass is 16.5. The van der Waals surface area contributed by atoms with Crippen molar-refractivity contribution in [1.82, 2.24) is 4.90 Å². The number of hydrogen-bond acceptors (Lipinski definition) is 2. The number of ether oxygens (including phenoxy) is 1. The van der Waals surface area contributed by atoms with Crippen LogP contribution in [0.1, 0.15) is 6.92 Å². The fraction of sp³-hybridized carbons (Fsp3) is 1.00. The third-order valence-corrected chi connectivity index (χ3v) is 3.29. The van der Waals surface area contributed by atoms with Crippen molar-refractivity contribution in [2.24, 2.45) is 0 Å². The summed E-state index contributed by atoms with van der Waals surface area (Å²) in [5, 5.41) is 0. The number of likely N-dealkylation sites (N-methyl/N-ethyl adjacent to an activating group) is 1. The van der Waals surface area contributed by atoms with Crippen LogP contribution in [0.4, 0.5) is 0 Å². The van der Waals surface area contributed by atoms with Crippen LogP contribution in [-0.2, 0) is 4.74 Å². The van der Waals surface area contributed by atoms with Crippen LogP contribution in [0.25, 0.3) is 0 Å². The highest BCUT2D eigenvalue weighted by Gasteiger charge is 2.26. The highest BCUT2D eigenvalue weighted by Crippen LogP contribution is 2.08. The molecular formula is C10H23N2O+. The van der Waals surface area contributed by atoms with Crippen molar-refractivity contribution < 1.29 is 9.22 Å². The summed E-state index contributed by atoms with van der Waals surface area (Å²) in [6.07, 6.45) is 0. The molecule has 0 atom stereocenters. The normalized spacial score (nSPS) is 23.3. The summed E-state index contributed by atoms with van der Waals surface area (Å²) in [5.74, 6) is 0. The van der Waals surface area contributed by atoms with Crippen molar-refractivity contribution in [2.75, 3.05) is 60.0 Å². The Labute approximate surface area is 81.9 Å². The molecule has 0 unspecified atom stereocenters. The van der Waals surface area contributed by atoms with E-state index in [4.69, 9.17) is 4.74 Å². The molecule has 1 rings (SSSR count). The molecule has 0 amide bonds. The minimum absolute atomic E-state index is 0.871. The number of quaternary nitrogens is 1. The molecule has 3 heteroatoms. The lowest BCUT2D eigenvalue weighted by Crippen LogP contribution is -2.57. The average molecular weight is 187 g/mol. The van der Waals surface area contributed by atoms with Crippen molar-refractivity contribution in [3.63, 3.8) is 0 Å². The molecule has 0 radical (unpaired) electrons. The van der Waals surface area contributed by atoms with Gasteiger partial charge in [0.1, 0.15) is 0 Å². The first kappa shape index (κ1) is 11.0. The van der Waals surface area contributed by atoms with Gasteiger partial charge < -0.3 is 9.22 Å². The van der Waals surface area contributed by atoms with Crippen molar-refractivity contribution in [1.29, 1.82) is 0 Å². The van der Waals surface area contributed by atoms with E-state index in [9.17, 15) is 0 Å². The smallest absolute Gasteiger partial charge is 0.0914 e. The SMILES string of the molecule is CC[N+]1(C)CCN(CCOC)CC1. The van der Waals surface area contributed by atoms with Gasteiger partial charge in [0.2, 0.25) is 0 Å². The van der Waals surface area contributed by atoms with Gasteiger partial charge in [-0.15, -0.1) is 0 Å². The molecule has 1 heterocycles. The van der Waals surface area contributed by atoms with E-state index < -0.39 is 0 Å². The van der Waals surface area contributed by atoms with Gasteiger partial charge in [-0.25, -0.2) is 0 Å². The van der Waals surface area contributed by atoms with E-state index in [1.165, 1.54) is 37.2 Å². The van der Waals surface area contributed by atoms with Gasteiger partial charge in [0.15, 0.2) is 0 Å². The zero-order valence-corrected chi connectivity index (χ0v) is 9.25. The summed E-state index contributed by atoms with van der Waals surface area (Å²) in [6.45, 7) is 10.6. The first-order valence-electron chi connectivity index (χ1n) is 5.25. The maximum absolute atomic E-state index is 5.08. The molecule has 1 aliphatic heterocycles. The molecule has 0 aromatic carbocycles. The molecule has 3 nitrogen and oxygen atoms in total. The van der Waals surface area contributed by atoms with Crippen molar-refractivity contribution >= 4 is 0 Å². The molecule has 0 N–H and O–H groups in total. The van der Waals surface area contributed by atoms with Crippen LogP contribution in [0.2, 0.25) is 0 Å². The van der Waals surface area contributed by atoms with Gasteiger partial charge in [0.05, 0.1) is 33.3 Å². The van der Waals surface area contributed by atoms with E-state index in [-0.39, 0.29) is 0 Å². The number of rotatable bonds is 4. The van der Waals surface area contributed by atoms with Gasteiger partial charge in [0, 0.05) is 26.7 Å². The van der Waals surface area contributed by atoms with Crippen LogP contribution in [0.15, 0.2) is 0 Å². The molecule has 0 spiro atoms. The van der Waals surface area contributed by atoms with Gasteiger partial charge >= 0.3 is 0 Å². The van der Waals surface area contributed by atoms with Crippen molar-refractivity contribution in [2.45, 2.75) is 6.92 Å². The number of piperazine rings is 1. The first-order chi connectivity index (χ1) is 6.20. The Kier molecular flexibility index (Phi) is 4.16. The second-order valence-electron chi connectivity index (χ2n) is 4.22. The lowest BCUT2D eigenvalue weighted by atomic mass is 10.2. The molecule has 0 aromatic rings. The number of methoxy groups -OCH3 is 1. The van der Waals surface area contributed by atoms with E-state index in [0.29, 0.717) is 0 Å². The Morgan fingerprint density at radius 1 is 1.31 bits per heavy atom. The average Bonchev–Trinajstić information content (AvgIpc) is 2.17. The summed E-state index contributed by atoms with van der Waals surface area (Å²) in [6, 6.07) is 0. The zero-order chi connectivity index (χ0) is 9.73. The maximum atomic E-state index is 5.08. The third kappa shape index (κ3) is 3.25. The van der Waals surface area contributed by atoms with E-state index in [0.717, 1.165) is 13.2 Å². The third-order valence-electron chi connectivity index (χ3n) is 3.29. The van der Waals surface area contributed by atoms with Crippen LogP contribution in [0.5, 0.6) is 0 Å². The lowest BCUT2D eigenvalue weighted by Gasteiger charge is -2.41. The molecule has 0 bridgehead atoms. The lowest BCUT2D eigenvalue weighted by molar-refractivity contribution is -0.911. The largest absolute Gasteiger partial charge is 0.383 e. The first-order valence-corrected chi connectivity index (χ1v) is 5.25. The highest BCUT2D eigenvalue weighted by molar-refractivity contribution is 4.62. The number of nitrogens with zero attached hydrogens (tertiary/aromatic N) is 2. The summed E-state index contributed by atoms with van der Waals surface area (Å²) in [5.41, 5.74) is 0. The van der Waals surface area contributed by atoms with E-state index >= 15 is 0 Å². The summed E-state index contributed by atoms with van der Waals surface area (Å²) < 4.78 is 6.32. The second-order valence-corrected chi connectivity index (χ2v) is 4.22. The van der Waals surface area contributed by atoms with Crippen molar-refractivity contribution in [3.05, 3.63) is 0 Å². The standard InChI is InChI=1S/C10H23N2O/c1-4-12(2)8-5-11(6-9-12)7-10-13-3/h4-10H2,1-3H3/q+1. The van der Waals surface area contributed by atoms with Crippen LogP contribution >= 0.6 is 0 Å². The minimum Gasteiger partial charge on any atom is -0.383 e. The van der Waals surface area contributed by atoms with E-state index in [2.05, 4.69) is 18.9 Å². The zero-order valence-electron chi connectivity index (χ0n) is 9.25. The van der Waals surface area contributed by atoms with Gasteiger partial charge in [-0.2, -0.15) is 0 Å². The number of hydrogen-bond donors (Lipinski definition) is 0. The predicted octanol–water partition coefficient (Wildman–Crippen LogP) is 0.415. The monoisotopic (exact) mass is 187 g/mol. The topological polar surface area (TPSA) is 12.5 Å². The Hall–Kier alpha value is -0.120. The molecule has 13 heavy (non-hydrogen) atoms. The Morgan fingerprint density at radius 2 is 1.92 bits per heavy atom. The van der Waals surface area contributed by atoms with Crippen molar-refractivity contribution in [3.8, 4) is 0 Å². The second kappa shape index (κ2) is 4.94. The molecular weight excluding hydrogens is 164 g/mol. The molecule has 0 aliphatic carbocycles. The molecule has 0 saturated carbocycles. The fourth-order valence-corrected chi connectivity index (χ4v) is 1.75. The van der Waals surface area contributed by atoms with Gasteiger partial charge in [-0.1, -0.05) is 0 Å². The van der Waals surface area contributed by atoms with E-state index in [1.807, 2.05) is 0 Å². The minimum atomic E-state index is 0.871. The van der Waals surface area contributed by atoms with Gasteiger partial charge in [-0.3, -0.25) is 4.90 Å². The molecule has 1 fully saturated rings. The van der Waals surface area contributed by atoms with Crippen LogP contribution in [-0.4, -0.2) is 69.4 Å².